The van der Waals surface area contributed by atoms with E-state index in [2.05, 4.69) is 10.8 Å². The van der Waals surface area contributed by atoms with Crippen LogP contribution < -0.4 is 15.7 Å². The molecule has 1 aromatic carbocycles. The van der Waals surface area contributed by atoms with Crippen LogP contribution in [-0.4, -0.2) is 24.0 Å². The van der Waals surface area contributed by atoms with Gasteiger partial charge in [-0.2, -0.15) is 0 Å². The number of nitrogens with zero attached hydrogens (tertiary/aromatic N) is 1. The summed E-state index contributed by atoms with van der Waals surface area (Å²) in [5, 5.41) is 3.47. The molecule has 1 aromatic rings. The Hall–Kier alpha value is -2.05. The number of carbonyl (C=O) groups is 2. The molecule has 2 heterocycles. The molecule has 2 aliphatic heterocycles. The predicted molar refractivity (Wildman–Crippen MR) is 95.6 cm³/mol. The standard InChI is InChI=1S/C18H22ClN3O3/c1-18(2,3)14-10-15(21-25-14)20-17(24)13-8-9-16(23)22(13)12-6-4-11(19)5-7-12/h4-7,10,13,15,21H,8-9H2,1-3H3,(H,20,24)/t13-,15?/m0/s1. The van der Waals surface area contributed by atoms with Gasteiger partial charge in [0, 0.05) is 22.5 Å². The van der Waals surface area contributed by atoms with Gasteiger partial charge in [0.25, 0.3) is 0 Å². The monoisotopic (exact) mass is 363 g/mol. The van der Waals surface area contributed by atoms with Gasteiger partial charge in [0.1, 0.15) is 18.0 Å². The summed E-state index contributed by atoms with van der Waals surface area (Å²) < 4.78 is 0. The molecule has 2 atom stereocenters. The van der Waals surface area contributed by atoms with Gasteiger partial charge >= 0.3 is 0 Å². The van der Waals surface area contributed by atoms with Crippen LogP contribution >= 0.6 is 11.6 Å². The fraction of sp³-hybridized carbons (Fsp3) is 0.444. The first-order valence-corrected chi connectivity index (χ1v) is 8.66. The van der Waals surface area contributed by atoms with Crippen molar-refractivity contribution in [3.05, 3.63) is 41.1 Å². The first kappa shape index (κ1) is 17.8. The van der Waals surface area contributed by atoms with Crippen LogP contribution in [0.2, 0.25) is 5.02 Å². The summed E-state index contributed by atoms with van der Waals surface area (Å²) in [4.78, 5) is 31.9. The van der Waals surface area contributed by atoms with E-state index in [1.54, 1.807) is 24.3 Å². The average molecular weight is 364 g/mol. The largest absolute Gasteiger partial charge is 0.410 e. The minimum Gasteiger partial charge on any atom is -0.410 e. The molecule has 6 nitrogen and oxygen atoms in total. The van der Waals surface area contributed by atoms with E-state index in [1.807, 2.05) is 26.8 Å². The molecule has 0 spiro atoms. The second-order valence-electron chi connectivity index (χ2n) is 7.28. The molecule has 3 rings (SSSR count). The highest BCUT2D eigenvalue weighted by molar-refractivity contribution is 6.30. The van der Waals surface area contributed by atoms with Gasteiger partial charge in [-0.15, -0.1) is 5.48 Å². The normalized spacial score (nSPS) is 23.4. The van der Waals surface area contributed by atoms with Gasteiger partial charge in [-0.25, -0.2) is 0 Å². The number of nitrogens with one attached hydrogen (secondary N) is 2. The molecule has 0 aliphatic carbocycles. The number of anilines is 1. The third kappa shape index (κ3) is 3.80. The Morgan fingerprint density at radius 2 is 2.00 bits per heavy atom. The lowest BCUT2D eigenvalue weighted by atomic mass is 9.93. The lowest BCUT2D eigenvalue weighted by Gasteiger charge is -2.25. The lowest BCUT2D eigenvalue weighted by molar-refractivity contribution is -0.124. The molecular formula is C18H22ClN3O3. The van der Waals surface area contributed by atoms with Crippen LogP contribution in [0.15, 0.2) is 36.1 Å². The highest BCUT2D eigenvalue weighted by Gasteiger charge is 2.38. The van der Waals surface area contributed by atoms with Crippen molar-refractivity contribution in [2.75, 3.05) is 4.90 Å². The fourth-order valence-corrected chi connectivity index (χ4v) is 3.05. The van der Waals surface area contributed by atoms with E-state index in [9.17, 15) is 9.59 Å². The van der Waals surface area contributed by atoms with Gasteiger partial charge < -0.3 is 10.2 Å². The lowest BCUT2D eigenvalue weighted by Crippen LogP contribution is -2.50. The van der Waals surface area contributed by atoms with Crippen molar-refractivity contribution in [2.45, 2.75) is 45.8 Å². The van der Waals surface area contributed by atoms with Gasteiger partial charge in [0.15, 0.2) is 0 Å². The molecule has 0 saturated carbocycles. The first-order valence-electron chi connectivity index (χ1n) is 8.28. The van der Waals surface area contributed by atoms with Crippen molar-refractivity contribution >= 4 is 29.1 Å². The molecule has 134 valence electrons. The molecule has 0 aromatic heterocycles. The van der Waals surface area contributed by atoms with E-state index in [-0.39, 0.29) is 17.2 Å². The summed E-state index contributed by atoms with van der Waals surface area (Å²) in [6.07, 6.45) is 2.26. The second-order valence-corrected chi connectivity index (χ2v) is 7.72. The molecule has 25 heavy (non-hydrogen) atoms. The summed E-state index contributed by atoms with van der Waals surface area (Å²) in [6.45, 7) is 6.09. The quantitative estimate of drug-likeness (QED) is 0.866. The van der Waals surface area contributed by atoms with E-state index < -0.39 is 12.2 Å². The Morgan fingerprint density at radius 1 is 1.32 bits per heavy atom. The Labute approximate surface area is 152 Å². The summed E-state index contributed by atoms with van der Waals surface area (Å²) in [7, 11) is 0. The molecule has 2 amide bonds. The smallest absolute Gasteiger partial charge is 0.244 e. The van der Waals surface area contributed by atoms with Crippen LogP contribution in [0.1, 0.15) is 33.6 Å². The van der Waals surface area contributed by atoms with Crippen LogP contribution in [0.5, 0.6) is 0 Å². The zero-order valence-electron chi connectivity index (χ0n) is 14.5. The highest BCUT2D eigenvalue weighted by Crippen LogP contribution is 2.30. The second kappa shape index (κ2) is 6.69. The van der Waals surface area contributed by atoms with E-state index in [1.165, 1.54) is 4.90 Å². The number of allylic oxidation sites excluding steroid dienone is 1. The molecule has 7 heteroatoms. The SMILES string of the molecule is CC(C)(C)C1=CC(NC(=O)[C@@H]2CCC(=O)N2c2ccc(Cl)cc2)NO1. The van der Waals surface area contributed by atoms with Crippen LogP contribution in [0, 0.1) is 5.41 Å². The zero-order chi connectivity index (χ0) is 18.2. The van der Waals surface area contributed by atoms with Crippen LogP contribution in [0.4, 0.5) is 5.69 Å². The summed E-state index contributed by atoms with van der Waals surface area (Å²) in [6, 6.07) is 6.38. The number of hydrogen-bond acceptors (Lipinski definition) is 4. The molecule has 1 fully saturated rings. The van der Waals surface area contributed by atoms with E-state index in [0.29, 0.717) is 23.6 Å². The Bertz CT molecular complexity index is 709. The maximum absolute atomic E-state index is 12.7. The predicted octanol–water partition coefficient (Wildman–Crippen LogP) is 2.74. The molecule has 1 unspecified atom stereocenters. The van der Waals surface area contributed by atoms with Crippen molar-refractivity contribution in [3.8, 4) is 0 Å². The van der Waals surface area contributed by atoms with Crippen molar-refractivity contribution < 1.29 is 14.4 Å². The number of hydrogen-bond donors (Lipinski definition) is 2. The Morgan fingerprint density at radius 3 is 2.60 bits per heavy atom. The van der Waals surface area contributed by atoms with Gasteiger partial charge in [-0.05, 0) is 36.8 Å². The molecule has 0 bridgehead atoms. The number of rotatable bonds is 3. The summed E-state index contributed by atoms with van der Waals surface area (Å²) in [5.41, 5.74) is 3.32. The van der Waals surface area contributed by atoms with Gasteiger partial charge in [0.05, 0.1) is 0 Å². The van der Waals surface area contributed by atoms with E-state index in [4.69, 9.17) is 16.4 Å². The van der Waals surface area contributed by atoms with Crippen molar-refractivity contribution in [2.24, 2.45) is 5.41 Å². The fourth-order valence-electron chi connectivity index (χ4n) is 2.93. The van der Waals surface area contributed by atoms with Crippen LogP contribution in [0.3, 0.4) is 0 Å². The first-order chi connectivity index (χ1) is 11.8. The minimum atomic E-state index is -0.539. The number of benzene rings is 1. The third-order valence-corrected chi connectivity index (χ3v) is 4.52. The molecule has 2 aliphatic rings. The summed E-state index contributed by atoms with van der Waals surface area (Å²) in [5.74, 6) is 0.493. The Balaban J connectivity index is 1.72. The van der Waals surface area contributed by atoms with Crippen molar-refractivity contribution in [3.63, 3.8) is 0 Å². The van der Waals surface area contributed by atoms with Gasteiger partial charge in [-0.3, -0.25) is 14.5 Å². The Kier molecular flexibility index (Phi) is 4.75. The zero-order valence-corrected chi connectivity index (χ0v) is 15.3. The van der Waals surface area contributed by atoms with Gasteiger partial charge in [0.2, 0.25) is 11.8 Å². The number of halogens is 1. The summed E-state index contributed by atoms with van der Waals surface area (Å²) >= 11 is 5.91. The van der Waals surface area contributed by atoms with Crippen molar-refractivity contribution in [1.82, 2.24) is 10.8 Å². The van der Waals surface area contributed by atoms with Crippen LogP contribution in [-0.2, 0) is 14.4 Å². The highest BCUT2D eigenvalue weighted by atomic mass is 35.5. The minimum absolute atomic E-state index is 0.0657. The average Bonchev–Trinajstić information content (AvgIpc) is 3.15. The van der Waals surface area contributed by atoms with E-state index in [0.717, 1.165) is 5.76 Å². The third-order valence-electron chi connectivity index (χ3n) is 4.27. The number of amides is 2. The molecular weight excluding hydrogens is 342 g/mol. The maximum Gasteiger partial charge on any atom is 0.244 e. The molecule has 2 N–H and O–H groups in total. The number of carbonyl (C=O) groups excluding carboxylic acids is 2. The number of hydroxylamine groups is 1. The van der Waals surface area contributed by atoms with Crippen LogP contribution in [0.25, 0.3) is 0 Å². The molecule has 1 saturated heterocycles. The topological polar surface area (TPSA) is 70.7 Å². The van der Waals surface area contributed by atoms with Gasteiger partial charge in [-0.1, -0.05) is 32.4 Å². The maximum atomic E-state index is 12.7. The van der Waals surface area contributed by atoms with E-state index >= 15 is 0 Å². The molecule has 0 radical (unpaired) electrons. The van der Waals surface area contributed by atoms with Crippen molar-refractivity contribution in [1.29, 1.82) is 0 Å².